The Morgan fingerprint density at radius 2 is 2.16 bits per heavy atom. The number of aromatic nitrogens is 1. The molecule has 1 atom stereocenters. The molecule has 0 radical (unpaired) electrons. The van der Waals surface area contributed by atoms with Gasteiger partial charge in [0.05, 0.1) is 6.42 Å². The van der Waals surface area contributed by atoms with Crippen LogP contribution in [0.15, 0.2) is 54.8 Å². The van der Waals surface area contributed by atoms with Crippen LogP contribution in [0.1, 0.15) is 44.9 Å². The molecule has 32 heavy (non-hydrogen) atoms. The molecule has 1 fully saturated rings. The number of allylic oxidation sites excluding steroid dienone is 1. The molecule has 1 aromatic carbocycles. The van der Waals surface area contributed by atoms with E-state index in [9.17, 15) is 9.59 Å². The van der Waals surface area contributed by atoms with Crippen LogP contribution in [0.4, 0.5) is 5.69 Å². The number of H-pyrrole nitrogens is 1. The third-order valence-corrected chi connectivity index (χ3v) is 6.69. The van der Waals surface area contributed by atoms with Gasteiger partial charge in [-0.3, -0.25) is 14.5 Å². The number of thiocarbonyl (C=S) groups is 1. The van der Waals surface area contributed by atoms with Crippen LogP contribution >= 0.6 is 12.2 Å². The quantitative estimate of drug-likeness (QED) is 0.427. The summed E-state index contributed by atoms with van der Waals surface area (Å²) in [4.78, 5) is 32.8. The number of benzene rings is 1. The minimum Gasteiger partial charge on any atom is -0.361 e. The molecular formula is C25H30N4O2S. The van der Waals surface area contributed by atoms with Gasteiger partial charge in [0.15, 0.2) is 5.11 Å². The molecule has 4 rings (SSSR count). The summed E-state index contributed by atoms with van der Waals surface area (Å²) >= 11 is 5.66. The van der Waals surface area contributed by atoms with Gasteiger partial charge in [0.25, 0.3) is 5.91 Å². The fourth-order valence-corrected chi connectivity index (χ4v) is 4.88. The molecule has 1 aromatic heterocycles. The molecule has 1 aliphatic carbocycles. The molecule has 1 saturated heterocycles. The van der Waals surface area contributed by atoms with E-state index >= 15 is 0 Å². The van der Waals surface area contributed by atoms with Gasteiger partial charge < -0.3 is 15.2 Å². The van der Waals surface area contributed by atoms with E-state index in [1.807, 2.05) is 35.4 Å². The molecule has 168 valence electrons. The summed E-state index contributed by atoms with van der Waals surface area (Å²) in [7, 11) is 0. The van der Waals surface area contributed by atoms with Crippen molar-refractivity contribution in [1.29, 1.82) is 0 Å². The first-order valence-electron chi connectivity index (χ1n) is 11.3. The summed E-state index contributed by atoms with van der Waals surface area (Å²) in [6.45, 7) is 4.91. The lowest BCUT2D eigenvalue weighted by molar-refractivity contribution is -0.130. The van der Waals surface area contributed by atoms with Crippen molar-refractivity contribution in [1.82, 2.24) is 14.8 Å². The Labute approximate surface area is 194 Å². The van der Waals surface area contributed by atoms with Crippen molar-refractivity contribution in [3.63, 3.8) is 0 Å². The maximum atomic E-state index is 13.2. The Morgan fingerprint density at radius 1 is 1.28 bits per heavy atom. The van der Waals surface area contributed by atoms with E-state index < -0.39 is 6.04 Å². The standard InChI is InChI=1S/C25H30N4O2S/c1-2-3-14-29-24(31)22(28(25(29)32)15-12-18-7-5-4-6-8-18)17-23(30)27-20-10-9-19-11-13-26-21(19)16-20/h2,7,9-11,13,16,22,26H,1,3-6,8,12,14-15,17H2,(H,27,30). The first-order valence-corrected chi connectivity index (χ1v) is 11.8. The number of carbonyl (C=O) groups excluding carboxylic acids is 2. The van der Waals surface area contributed by atoms with Crippen LogP contribution in [-0.2, 0) is 9.59 Å². The van der Waals surface area contributed by atoms with Gasteiger partial charge in [0, 0.05) is 30.5 Å². The largest absolute Gasteiger partial charge is 0.361 e. The van der Waals surface area contributed by atoms with Crippen molar-refractivity contribution in [2.24, 2.45) is 0 Å². The summed E-state index contributed by atoms with van der Waals surface area (Å²) in [5.41, 5.74) is 3.10. The highest BCUT2D eigenvalue weighted by atomic mass is 32.1. The van der Waals surface area contributed by atoms with Crippen LogP contribution in [0.25, 0.3) is 10.9 Å². The maximum absolute atomic E-state index is 13.2. The van der Waals surface area contributed by atoms with Gasteiger partial charge in [0.1, 0.15) is 6.04 Å². The van der Waals surface area contributed by atoms with Crippen LogP contribution in [0.2, 0.25) is 0 Å². The van der Waals surface area contributed by atoms with Crippen LogP contribution in [0, 0.1) is 0 Å². The topological polar surface area (TPSA) is 68.4 Å². The smallest absolute Gasteiger partial charge is 0.252 e. The molecular weight excluding hydrogens is 420 g/mol. The average Bonchev–Trinajstić information content (AvgIpc) is 3.34. The zero-order valence-electron chi connectivity index (χ0n) is 18.3. The van der Waals surface area contributed by atoms with Crippen molar-refractivity contribution in [2.75, 3.05) is 18.4 Å². The van der Waals surface area contributed by atoms with Crippen molar-refractivity contribution < 1.29 is 9.59 Å². The number of nitrogens with zero attached hydrogens (tertiary/aromatic N) is 2. The minimum atomic E-state index is -0.564. The molecule has 0 spiro atoms. The Hall–Kier alpha value is -2.93. The van der Waals surface area contributed by atoms with E-state index in [0.717, 1.165) is 30.2 Å². The number of rotatable bonds is 9. The molecule has 2 aliphatic rings. The summed E-state index contributed by atoms with van der Waals surface area (Å²) in [6, 6.07) is 7.15. The highest BCUT2D eigenvalue weighted by Crippen LogP contribution is 2.26. The van der Waals surface area contributed by atoms with Crippen molar-refractivity contribution in [2.45, 2.75) is 51.0 Å². The first-order chi connectivity index (χ1) is 15.6. The van der Waals surface area contributed by atoms with E-state index in [2.05, 4.69) is 23.0 Å². The lowest BCUT2D eigenvalue weighted by Gasteiger charge is -2.25. The van der Waals surface area contributed by atoms with E-state index in [1.54, 1.807) is 11.0 Å². The number of anilines is 1. The molecule has 6 nitrogen and oxygen atoms in total. The molecule has 2 heterocycles. The molecule has 2 aromatic rings. The third-order valence-electron chi connectivity index (χ3n) is 6.24. The van der Waals surface area contributed by atoms with Crippen LogP contribution < -0.4 is 5.32 Å². The van der Waals surface area contributed by atoms with Gasteiger partial charge in [-0.1, -0.05) is 23.8 Å². The summed E-state index contributed by atoms with van der Waals surface area (Å²) in [6.07, 6.45) is 12.3. The van der Waals surface area contributed by atoms with Crippen molar-refractivity contribution in [3.8, 4) is 0 Å². The van der Waals surface area contributed by atoms with Crippen molar-refractivity contribution in [3.05, 3.63) is 54.8 Å². The zero-order valence-corrected chi connectivity index (χ0v) is 19.1. The first kappa shape index (κ1) is 22.3. The van der Waals surface area contributed by atoms with Gasteiger partial charge in [-0.2, -0.15) is 0 Å². The number of amides is 2. The van der Waals surface area contributed by atoms with E-state index in [1.165, 1.54) is 18.4 Å². The molecule has 2 amide bonds. The van der Waals surface area contributed by atoms with Gasteiger partial charge in [-0.05, 0) is 74.3 Å². The lowest BCUT2D eigenvalue weighted by atomic mass is 9.97. The summed E-state index contributed by atoms with van der Waals surface area (Å²) in [5.74, 6) is -0.283. The normalized spacial score (nSPS) is 18.9. The van der Waals surface area contributed by atoms with Crippen LogP contribution in [-0.4, -0.2) is 50.8 Å². The second-order valence-electron chi connectivity index (χ2n) is 8.45. The number of hydrogen-bond donors (Lipinski definition) is 2. The van der Waals surface area contributed by atoms with Gasteiger partial charge in [-0.25, -0.2) is 0 Å². The fraction of sp³-hybridized carbons (Fsp3) is 0.400. The number of nitrogens with one attached hydrogen (secondary N) is 2. The fourth-order valence-electron chi connectivity index (χ4n) is 4.48. The number of fused-ring (bicyclic) bond motifs is 1. The number of hydrogen-bond acceptors (Lipinski definition) is 3. The van der Waals surface area contributed by atoms with Crippen molar-refractivity contribution >= 4 is 45.7 Å². The van der Waals surface area contributed by atoms with E-state index in [-0.39, 0.29) is 18.2 Å². The molecule has 1 aliphatic heterocycles. The Bertz CT molecular complexity index is 1060. The molecule has 2 N–H and O–H groups in total. The number of carbonyl (C=O) groups is 2. The van der Waals surface area contributed by atoms with E-state index in [4.69, 9.17) is 12.2 Å². The predicted octanol–water partition coefficient (Wildman–Crippen LogP) is 4.76. The van der Waals surface area contributed by atoms with Gasteiger partial charge in [0.2, 0.25) is 5.91 Å². The average molecular weight is 451 g/mol. The zero-order chi connectivity index (χ0) is 22.5. The van der Waals surface area contributed by atoms with Gasteiger partial charge in [-0.15, -0.1) is 6.58 Å². The number of aromatic amines is 1. The molecule has 0 saturated carbocycles. The SMILES string of the molecule is C=CCCN1C(=O)C(CC(=O)Nc2ccc3cc[nH]c3c2)N(CCC2=CCCCC2)C1=S. The second kappa shape index (κ2) is 10.1. The summed E-state index contributed by atoms with van der Waals surface area (Å²) in [5, 5.41) is 4.55. The molecule has 7 heteroatoms. The Morgan fingerprint density at radius 3 is 2.94 bits per heavy atom. The second-order valence-corrected chi connectivity index (χ2v) is 8.81. The summed E-state index contributed by atoms with van der Waals surface area (Å²) < 4.78 is 0. The van der Waals surface area contributed by atoms with Crippen LogP contribution in [0.3, 0.4) is 0 Å². The lowest BCUT2D eigenvalue weighted by Crippen LogP contribution is -2.38. The highest BCUT2D eigenvalue weighted by molar-refractivity contribution is 7.80. The highest BCUT2D eigenvalue weighted by Gasteiger charge is 2.42. The molecule has 0 bridgehead atoms. The predicted molar refractivity (Wildman–Crippen MR) is 132 cm³/mol. The maximum Gasteiger partial charge on any atom is 0.252 e. The Kier molecular flexibility index (Phi) is 7.05. The third kappa shape index (κ3) is 4.93. The monoisotopic (exact) mass is 450 g/mol. The Balaban J connectivity index is 1.45. The van der Waals surface area contributed by atoms with Crippen LogP contribution in [0.5, 0.6) is 0 Å². The van der Waals surface area contributed by atoms with Gasteiger partial charge >= 0.3 is 0 Å². The minimum absolute atomic E-state index is 0.0748. The molecule has 1 unspecified atom stereocenters. The van der Waals surface area contributed by atoms with E-state index in [0.29, 0.717) is 30.3 Å².